The van der Waals surface area contributed by atoms with Crippen LogP contribution in [0.25, 0.3) is 21.3 Å². The molecule has 0 N–H and O–H groups in total. The zero-order valence-electron chi connectivity index (χ0n) is 29.3. The second-order valence-corrected chi connectivity index (χ2v) is 15.4. The summed E-state index contributed by atoms with van der Waals surface area (Å²) in [6.45, 7) is 0.969. The van der Waals surface area contributed by atoms with E-state index < -0.39 is 56.0 Å². The van der Waals surface area contributed by atoms with Gasteiger partial charge < -0.3 is 21.3 Å². The van der Waals surface area contributed by atoms with Crippen molar-refractivity contribution in [2.45, 2.75) is 101 Å². The second kappa shape index (κ2) is 19.9. The summed E-state index contributed by atoms with van der Waals surface area (Å²) >= 11 is 0. The van der Waals surface area contributed by atoms with Gasteiger partial charge in [0.1, 0.15) is 0 Å². The zero-order chi connectivity index (χ0) is 41.3. The number of nitrogens with zero attached hydrogens (tertiary/aromatic N) is 4. The third-order valence-electron chi connectivity index (χ3n) is 9.02. The number of rotatable bonds is 3. The predicted molar refractivity (Wildman–Crippen MR) is 177 cm³/mol. The van der Waals surface area contributed by atoms with E-state index in [9.17, 15) is 69.1 Å². The van der Waals surface area contributed by atoms with Crippen LogP contribution in [0.15, 0.2) is 58.6 Å². The fourth-order valence-electron chi connectivity index (χ4n) is 6.27. The first-order valence-corrected chi connectivity index (χ1v) is 19.3. The molecule has 2 aliphatic carbocycles. The van der Waals surface area contributed by atoms with Gasteiger partial charge in [0.25, 0.3) is 0 Å². The van der Waals surface area contributed by atoms with Gasteiger partial charge in [-0.05, 0) is 12.8 Å². The number of piperidine rings is 4. The van der Waals surface area contributed by atoms with Crippen molar-refractivity contribution in [2.75, 3.05) is 26.2 Å². The largest absolute Gasteiger partial charge is 0 e. The summed E-state index contributed by atoms with van der Waals surface area (Å²) in [5, 5.41) is 16.6. The van der Waals surface area contributed by atoms with Crippen LogP contribution in [0, 0.1) is 24.2 Å². The van der Waals surface area contributed by atoms with Gasteiger partial charge in [0, 0.05) is 55.9 Å². The van der Waals surface area contributed by atoms with E-state index in [-0.39, 0.29) is 83.0 Å². The maximum Gasteiger partial charge on any atom is 0 e. The van der Waals surface area contributed by atoms with Gasteiger partial charge in [-0.1, -0.05) is 51.4 Å². The van der Waals surface area contributed by atoms with E-state index in [1.165, 1.54) is 12.2 Å². The smallest absolute Gasteiger partial charge is 0 e. The summed E-state index contributed by atoms with van der Waals surface area (Å²) in [5.41, 5.74) is 6.08. The fourth-order valence-corrected chi connectivity index (χ4v) is 6.27. The fraction of sp³-hybridized carbons (Fsp3) is 0.647. The maximum atomic E-state index is 13.3. The quantitative estimate of drug-likeness (QED) is 0.117. The van der Waals surface area contributed by atoms with Gasteiger partial charge in [-0.15, -0.1) is 73.7 Å². The van der Waals surface area contributed by atoms with Crippen molar-refractivity contribution < 1.29 is 89.2 Å². The van der Waals surface area contributed by atoms with Gasteiger partial charge >= 0.3 is 45.3 Å². The summed E-state index contributed by atoms with van der Waals surface area (Å²) in [4.78, 5) is 0. The normalized spacial score (nSPS) is 29.7. The van der Waals surface area contributed by atoms with Gasteiger partial charge in [-0.25, -0.2) is 0 Å². The van der Waals surface area contributed by atoms with Crippen molar-refractivity contribution in [1.29, 1.82) is 0 Å². The van der Waals surface area contributed by atoms with Crippen molar-refractivity contribution in [1.82, 2.24) is 0 Å². The molecule has 4 fully saturated rings. The summed E-state index contributed by atoms with van der Waals surface area (Å²) < 4.78 is 186. The zero-order valence-corrected chi connectivity index (χ0v) is 32.6. The number of alkyl halides is 6. The van der Waals surface area contributed by atoms with Crippen LogP contribution in [0.4, 0.5) is 69.1 Å². The van der Waals surface area contributed by atoms with Crippen LogP contribution in [-0.4, -0.2) is 62.7 Å². The van der Waals surface area contributed by atoms with Crippen LogP contribution in [0.2, 0.25) is 0 Å². The number of hydrogen-bond acceptors (Lipinski definition) is 0. The van der Waals surface area contributed by atoms with Gasteiger partial charge in [0.05, 0.1) is 0 Å². The van der Waals surface area contributed by atoms with Crippen molar-refractivity contribution >= 4 is 7.81 Å². The molecule has 0 saturated carbocycles. The molecule has 0 aromatic heterocycles. The molecule has 0 aromatic carbocycles. The van der Waals surface area contributed by atoms with Crippen LogP contribution in [0.3, 0.4) is 0 Å². The van der Waals surface area contributed by atoms with Crippen LogP contribution >= 0.6 is 7.81 Å². The summed E-state index contributed by atoms with van der Waals surface area (Å²) in [6.07, 6.45) is 1.05. The molecule has 1 radical (unpaired) electrons. The predicted octanol–water partition coefficient (Wildman–Crippen LogP) is 14.5. The Hall–Kier alpha value is -1.94. The minimum absolute atomic E-state index is 0. The molecule has 0 bridgehead atoms. The molecule has 6 atom stereocenters. The summed E-state index contributed by atoms with van der Waals surface area (Å²) in [5.74, 6) is -3.99. The third-order valence-corrected chi connectivity index (χ3v) is 9.02. The minimum atomic E-state index is -10.7. The van der Waals surface area contributed by atoms with Crippen LogP contribution in [-0.2, 0) is 20.1 Å². The molecule has 4 saturated heterocycles. The monoisotopic (exact) mass is 1030 g/mol. The van der Waals surface area contributed by atoms with E-state index in [0.29, 0.717) is 11.1 Å². The van der Waals surface area contributed by atoms with Crippen LogP contribution < -0.4 is 0 Å². The number of allylic oxidation sites excluding steroid dienone is 4. The van der Waals surface area contributed by atoms with Crippen molar-refractivity contribution in [3.8, 4) is 0 Å². The Morgan fingerprint density at radius 1 is 0.554 bits per heavy atom. The van der Waals surface area contributed by atoms with E-state index >= 15 is 0 Å². The molecule has 6 aliphatic rings. The molecule has 4 heterocycles. The molecule has 0 spiro atoms. The SMILES string of the molecule is FC(F)(F)C1CCC(C2CCC(C(F)(F)F)C[N-]2)[N-]C1.FC1=C[C-](F)C(C2CCCC[N-]2)=C=C1.FC1=C[C-](F)C(C2CCCC[N-]2)=C=C1.F[P-](F)(F)(F)(F)F.[Ir]. The Bertz CT molecular complexity index is 1350. The number of hydrogen-bond donors (Lipinski definition) is 0. The Morgan fingerprint density at radius 2 is 0.893 bits per heavy atom. The van der Waals surface area contributed by atoms with E-state index in [1.807, 2.05) is 0 Å². The van der Waals surface area contributed by atoms with Crippen molar-refractivity contribution in [2.24, 2.45) is 11.8 Å². The third kappa shape index (κ3) is 19.2. The Morgan fingerprint density at radius 3 is 1.12 bits per heavy atom. The van der Waals surface area contributed by atoms with Gasteiger partial charge in [-0.3, -0.25) is 29.0 Å². The molecular weight excluding hydrogens is 992 g/mol. The van der Waals surface area contributed by atoms with Gasteiger partial charge in [-0.2, -0.15) is 38.4 Å². The first-order valence-electron chi connectivity index (χ1n) is 17.3. The van der Waals surface area contributed by atoms with Crippen molar-refractivity contribution in [3.05, 3.63) is 92.2 Å². The van der Waals surface area contributed by atoms with Gasteiger partial charge in [0.15, 0.2) is 0 Å². The maximum absolute atomic E-state index is 13.3. The van der Waals surface area contributed by atoms with E-state index in [1.54, 1.807) is 0 Å². The van der Waals surface area contributed by atoms with Crippen LogP contribution in [0.5, 0.6) is 0 Å². The molecule has 56 heavy (non-hydrogen) atoms. The van der Waals surface area contributed by atoms with Crippen LogP contribution in [0.1, 0.15) is 64.2 Å². The molecule has 4 nitrogen and oxygen atoms in total. The first-order chi connectivity index (χ1) is 25.2. The second-order valence-electron chi connectivity index (χ2n) is 13.4. The molecule has 327 valence electrons. The van der Waals surface area contributed by atoms with E-state index in [4.69, 9.17) is 0 Å². The minimum Gasteiger partial charge on any atom is 0 e. The molecular formula is C34H38F16IrN4P-7. The van der Waals surface area contributed by atoms with Crippen molar-refractivity contribution in [3.63, 3.8) is 0 Å². The van der Waals surface area contributed by atoms with Gasteiger partial charge in [0.2, 0.25) is 0 Å². The average molecular weight is 1030 g/mol. The Labute approximate surface area is 327 Å². The molecule has 22 heteroatoms. The topological polar surface area (TPSA) is 56.4 Å². The standard InChI is InChI=1S/C12H16F6N2.2C11H11F2N.F6P.Ir/c13-11(14,15)7-1-3-9(19-5-7)10-4-2-8(6-20-10)12(16,17)18;2*12-8-4-5-9(10(13)7-8)11-3-1-2-6-14-11;1-7(2,3,4,5)6;/h7-10H,1-6H2;2*4,7,11H,1-3,6H2;;/q3*-2;-1;. The van der Waals surface area contributed by atoms with E-state index in [0.717, 1.165) is 63.8 Å². The average Bonchev–Trinajstić information content (AvgIpc) is 3.08. The summed E-state index contributed by atoms with van der Waals surface area (Å²) in [7, 11) is -10.7. The Kier molecular flexibility index (Phi) is 17.8. The first kappa shape index (κ1) is 50.2. The summed E-state index contributed by atoms with van der Waals surface area (Å²) in [6, 6.07) is -0.931. The molecule has 0 amide bonds. The molecule has 0 aromatic rings. The molecule has 6 unspecified atom stereocenters. The number of halogens is 16. The Balaban J connectivity index is 0.000000270. The van der Waals surface area contributed by atoms with E-state index in [2.05, 4.69) is 32.7 Å². The molecule has 4 aliphatic heterocycles. The molecule has 6 rings (SSSR count).